The van der Waals surface area contributed by atoms with Gasteiger partial charge in [-0.25, -0.2) is 4.39 Å². The minimum Gasteiger partial charge on any atom is -0.206 e. The molecule has 0 saturated heterocycles. The van der Waals surface area contributed by atoms with E-state index in [9.17, 15) is 4.39 Å². The zero-order valence-electron chi connectivity index (χ0n) is 6.70. The van der Waals surface area contributed by atoms with E-state index in [1.165, 1.54) is 0 Å². The van der Waals surface area contributed by atoms with Crippen LogP contribution >= 0.6 is 31.9 Å². The van der Waals surface area contributed by atoms with Crippen LogP contribution < -0.4 is 0 Å². The summed E-state index contributed by atoms with van der Waals surface area (Å²) in [4.78, 5) is 0. The first-order valence-corrected chi connectivity index (χ1v) is 5.57. The molecule has 0 aromatic heterocycles. The summed E-state index contributed by atoms with van der Waals surface area (Å²) in [6, 6.07) is 3.61. The minimum atomic E-state index is -0.0855. The molecule has 0 aliphatic rings. The van der Waals surface area contributed by atoms with Gasteiger partial charge in [0.05, 0.1) is 0 Å². The lowest BCUT2D eigenvalue weighted by Gasteiger charge is -2.04. The second-order valence-corrected chi connectivity index (χ2v) is 4.34. The molecule has 1 aromatic rings. The molecule has 12 heavy (non-hydrogen) atoms. The number of alkyl halides is 1. The van der Waals surface area contributed by atoms with E-state index in [0.29, 0.717) is 5.56 Å². The van der Waals surface area contributed by atoms with E-state index in [2.05, 4.69) is 31.9 Å². The third-order valence-corrected chi connectivity index (χ3v) is 2.51. The third-order valence-electron chi connectivity index (χ3n) is 1.66. The Morgan fingerprint density at radius 3 is 2.67 bits per heavy atom. The third kappa shape index (κ3) is 2.30. The van der Waals surface area contributed by atoms with Crippen molar-refractivity contribution in [3.63, 3.8) is 0 Å². The van der Waals surface area contributed by atoms with Gasteiger partial charge in [0, 0.05) is 9.80 Å². The summed E-state index contributed by atoms with van der Waals surface area (Å²) in [5.74, 6) is -0.0855. The maximum absolute atomic E-state index is 13.3. The molecule has 3 heteroatoms. The monoisotopic (exact) mass is 294 g/mol. The predicted octanol–water partition coefficient (Wildman–Crippen LogP) is 3.83. The van der Waals surface area contributed by atoms with E-state index in [-0.39, 0.29) is 5.82 Å². The van der Waals surface area contributed by atoms with Gasteiger partial charge in [0.1, 0.15) is 5.82 Å². The zero-order valence-corrected chi connectivity index (χ0v) is 9.87. The molecule has 0 aliphatic carbocycles. The maximum atomic E-state index is 13.3. The molecule has 0 spiro atoms. The molecule has 0 atom stereocenters. The van der Waals surface area contributed by atoms with Gasteiger partial charge in [0.15, 0.2) is 0 Å². The number of aryl methyl sites for hydroxylation is 2. The van der Waals surface area contributed by atoms with E-state index < -0.39 is 0 Å². The highest BCUT2D eigenvalue weighted by molar-refractivity contribution is 9.10. The average molecular weight is 296 g/mol. The highest BCUT2D eigenvalue weighted by Gasteiger charge is 2.05. The van der Waals surface area contributed by atoms with Gasteiger partial charge in [-0.1, -0.05) is 31.9 Å². The van der Waals surface area contributed by atoms with Crippen LogP contribution in [0.2, 0.25) is 0 Å². The molecular formula is C9H9Br2F. The molecule has 1 rings (SSSR count). The van der Waals surface area contributed by atoms with Crippen molar-refractivity contribution in [3.05, 3.63) is 33.5 Å². The first-order chi connectivity index (χ1) is 5.65. The normalized spacial score (nSPS) is 10.3. The number of benzene rings is 1. The Balaban J connectivity index is 3.09. The number of rotatable bonds is 2. The highest BCUT2D eigenvalue weighted by Crippen LogP contribution is 2.20. The molecule has 1 aromatic carbocycles. The lowest BCUT2D eigenvalue weighted by Crippen LogP contribution is -1.94. The van der Waals surface area contributed by atoms with Gasteiger partial charge < -0.3 is 0 Å². The molecule has 0 bridgehead atoms. The molecule has 0 amide bonds. The Bertz CT molecular complexity index is 284. The van der Waals surface area contributed by atoms with E-state index in [1.54, 1.807) is 13.0 Å². The van der Waals surface area contributed by atoms with Gasteiger partial charge in [-0.2, -0.15) is 0 Å². The van der Waals surface area contributed by atoms with E-state index in [1.807, 2.05) is 6.07 Å². The lowest BCUT2D eigenvalue weighted by atomic mass is 10.1. The Labute approximate surface area is 88.4 Å². The summed E-state index contributed by atoms with van der Waals surface area (Å²) in [6.07, 6.45) is 0.728. The quantitative estimate of drug-likeness (QED) is 0.728. The smallest absolute Gasteiger partial charge is 0.129 e. The van der Waals surface area contributed by atoms with Gasteiger partial charge in [0.2, 0.25) is 0 Å². The van der Waals surface area contributed by atoms with Crippen molar-refractivity contribution in [2.24, 2.45) is 0 Å². The van der Waals surface area contributed by atoms with Crippen LogP contribution in [0.4, 0.5) is 4.39 Å². The fourth-order valence-corrected chi connectivity index (χ4v) is 2.13. The summed E-state index contributed by atoms with van der Waals surface area (Å²) < 4.78 is 14.3. The molecule has 0 fully saturated rings. The summed E-state index contributed by atoms with van der Waals surface area (Å²) in [6.45, 7) is 1.78. The molecule has 0 saturated carbocycles. The Hall–Kier alpha value is 0.110. The van der Waals surface area contributed by atoms with Gasteiger partial charge in [-0.15, -0.1) is 0 Å². The van der Waals surface area contributed by atoms with Crippen LogP contribution in [0.15, 0.2) is 16.6 Å². The summed E-state index contributed by atoms with van der Waals surface area (Å²) in [5.41, 5.74) is 1.46. The van der Waals surface area contributed by atoms with Gasteiger partial charge in [-0.3, -0.25) is 0 Å². The van der Waals surface area contributed by atoms with E-state index in [0.717, 1.165) is 21.8 Å². The molecule has 0 aliphatic heterocycles. The Morgan fingerprint density at radius 1 is 1.42 bits per heavy atom. The second-order valence-electron chi connectivity index (χ2n) is 2.63. The number of hydrogen-bond acceptors (Lipinski definition) is 0. The largest absolute Gasteiger partial charge is 0.206 e. The summed E-state index contributed by atoms with van der Waals surface area (Å²) >= 11 is 6.62. The first kappa shape index (κ1) is 10.2. The summed E-state index contributed by atoms with van der Waals surface area (Å²) in [7, 11) is 0. The fraction of sp³-hybridized carbons (Fsp3) is 0.333. The zero-order chi connectivity index (χ0) is 9.14. The summed E-state index contributed by atoms with van der Waals surface area (Å²) in [5, 5.41) is 0.791. The van der Waals surface area contributed by atoms with Crippen LogP contribution in [0.5, 0.6) is 0 Å². The maximum Gasteiger partial charge on any atom is 0.129 e. The van der Waals surface area contributed by atoms with Crippen molar-refractivity contribution in [2.75, 3.05) is 5.33 Å². The van der Waals surface area contributed by atoms with Crippen molar-refractivity contribution in [2.45, 2.75) is 13.3 Å². The standard InChI is InChI=1S/C9H9Br2F/c1-6-4-8(11)5-7(2-3-10)9(6)12/h4-5H,2-3H2,1H3. The molecular weight excluding hydrogens is 287 g/mol. The lowest BCUT2D eigenvalue weighted by molar-refractivity contribution is 0.603. The van der Waals surface area contributed by atoms with Crippen LogP contribution in [-0.2, 0) is 6.42 Å². The van der Waals surface area contributed by atoms with Crippen LogP contribution in [0.3, 0.4) is 0 Å². The van der Waals surface area contributed by atoms with E-state index in [4.69, 9.17) is 0 Å². The SMILES string of the molecule is Cc1cc(Br)cc(CCBr)c1F. The second kappa shape index (κ2) is 4.38. The first-order valence-electron chi connectivity index (χ1n) is 3.65. The molecule has 0 heterocycles. The molecule has 0 N–H and O–H groups in total. The molecule has 0 unspecified atom stereocenters. The van der Waals surface area contributed by atoms with Crippen LogP contribution in [0.1, 0.15) is 11.1 Å². The van der Waals surface area contributed by atoms with Crippen LogP contribution in [0, 0.1) is 12.7 Å². The fourth-order valence-electron chi connectivity index (χ4n) is 1.08. The van der Waals surface area contributed by atoms with Gasteiger partial charge in [-0.05, 0) is 36.6 Å². The predicted molar refractivity (Wildman–Crippen MR) is 56.3 cm³/mol. The molecule has 0 radical (unpaired) electrons. The van der Waals surface area contributed by atoms with Crippen LogP contribution in [-0.4, -0.2) is 5.33 Å². The molecule has 66 valence electrons. The van der Waals surface area contributed by atoms with Crippen molar-refractivity contribution in [3.8, 4) is 0 Å². The number of halogens is 3. The topological polar surface area (TPSA) is 0 Å². The molecule has 0 nitrogen and oxygen atoms in total. The van der Waals surface area contributed by atoms with E-state index >= 15 is 0 Å². The Morgan fingerprint density at radius 2 is 2.08 bits per heavy atom. The number of hydrogen-bond donors (Lipinski definition) is 0. The highest BCUT2D eigenvalue weighted by atomic mass is 79.9. The van der Waals surface area contributed by atoms with Crippen LogP contribution in [0.25, 0.3) is 0 Å². The van der Waals surface area contributed by atoms with Crippen molar-refractivity contribution < 1.29 is 4.39 Å². The van der Waals surface area contributed by atoms with Crippen molar-refractivity contribution in [1.82, 2.24) is 0 Å². The van der Waals surface area contributed by atoms with Crippen molar-refractivity contribution >= 4 is 31.9 Å². The van der Waals surface area contributed by atoms with Gasteiger partial charge >= 0.3 is 0 Å². The Kier molecular flexibility index (Phi) is 3.72. The average Bonchev–Trinajstić information content (AvgIpc) is 2.00. The van der Waals surface area contributed by atoms with Crippen molar-refractivity contribution in [1.29, 1.82) is 0 Å². The van der Waals surface area contributed by atoms with Gasteiger partial charge in [0.25, 0.3) is 0 Å². The minimum absolute atomic E-state index is 0.0855.